The Kier molecular flexibility index (Phi) is 4.07. The summed E-state index contributed by atoms with van der Waals surface area (Å²) in [4.78, 5) is 0. The van der Waals surface area contributed by atoms with Crippen molar-refractivity contribution in [1.82, 2.24) is 5.32 Å². The summed E-state index contributed by atoms with van der Waals surface area (Å²) in [7, 11) is 0. The van der Waals surface area contributed by atoms with Crippen molar-refractivity contribution in [3.8, 4) is 0 Å². The number of hydrogen-bond donors (Lipinski definition) is 1. The Balaban J connectivity index is 1.62. The molecule has 2 aromatic carbocycles. The first-order valence-corrected chi connectivity index (χ1v) is 8.00. The molecule has 0 unspecified atom stereocenters. The van der Waals surface area contributed by atoms with Crippen molar-refractivity contribution in [2.24, 2.45) is 5.41 Å². The summed E-state index contributed by atoms with van der Waals surface area (Å²) in [5.74, 6) is 0. The summed E-state index contributed by atoms with van der Waals surface area (Å²) in [6.07, 6.45) is 6.98. The second-order valence-corrected chi connectivity index (χ2v) is 6.35. The minimum Gasteiger partial charge on any atom is -0.312 e. The van der Waals surface area contributed by atoms with E-state index in [0.29, 0.717) is 5.41 Å². The van der Waals surface area contributed by atoms with Crippen LogP contribution in [0.2, 0.25) is 0 Å². The first-order valence-electron chi connectivity index (χ1n) is 8.00. The topological polar surface area (TPSA) is 12.0 Å². The summed E-state index contributed by atoms with van der Waals surface area (Å²) < 4.78 is 0. The summed E-state index contributed by atoms with van der Waals surface area (Å²) in [6, 6.07) is 15.4. The zero-order chi connectivity index (χ0) is 13.8. The van der Waals surface area contributed by atoms with Gasteiger partial charge in [-0.2, -0.15) is 0 Å². The van der Waals surface area contributed by atoms with E-state index in [-0.39, 0.29) is 0 Å². The highest BCUT2D eigenvalue weighted by molar-refractivity contribution is 5.82. The van der Waals surface area contributed by atoms with E-state index in [2.05, 4.69) is 54.7 Å². The number of benzene rings is 2. The van der Waals surface area contributed by atoms with Gasteiger partial charge in [-0.25, -0.2) is 0 Å². The fourth-order valence-electron chi connectivity index (χ4n) is 3.60. The van der Waals surface area contributed by atoms with Gasteiger partial charge in [0.05, 0.1) is 0 Å². The summed E-state index contributed by atoms with van der Waals surface area (Å²) in [5.41, 5.74) is 1.98. The highest BCUT2D eigenvalue weighted by atomic mass is 14.9. The Morgan fingerprint density at radius 2 is 1.75 bits per heavy atom. The third kappa shape index (κ3) is 2.88. The Hall–Kier alpha value is -1.34. The summed E-state index contributed by atoms with van der Waals surface area (Å²) >= 11 is 0. The van der Waals surface area contributed by atoms with Crippen LogP contribution in [0.15, 0.2) is 42.5 Å². The first kappa shape index (κ1) is 13.6. The molecule has 1 fully saturated rings. The van der Waals surface area contributed by atoms with Gasteiger partial charge >= 0.3 is 0 Å². The van der Waals surface area contributed by atoms with Gasteiger partial charge in [0.25, 0.3) is 0 Å². The van der Waals surface area contributed by atoms with Crippen LogP contribution in [0, 0.1) is 5.41 Å². The van der Waals surface area contributed by atoms with Crippen molar-refractivity contribution < 1.29 is 0 Å². The molecule has 1 nitrogen and oxygen atoms in total. The van der Waals surface area contributed by atoms with Crippen LogP contribution in [0.25, 0.3) is 10.8 Å². The largest absolute Gasteiger partial charge is 0.312 e. The van der Waals surface area contributed by atoms with Gasteiger partial charge in [0, 0.05) is 13.1 Å². The molecule has 0 atom stereocenters. The Morgan fingerprint density at radius 1 is 1.00 bits per heavy atom. The molecule has 1 aliphatic carbocycles. The highest BCUT2D eigenvalue weighted by Gasteiger charge is 2.31. The van der Waals surface area contributed by atoms with E-state index in [4.69, 9.17) is 0 Å². The zero-order valence-electron chi connectivity index (χ0n) is 12.5. The lowest BCUT2D eigenvalue weighted by molar-refractivity contribution is 0.268. The maximum atomic E-state index is 3.70. The van der Waals surface area contributed by atoms with Crippen LogP contribution in [0.4, 0.5) is 0 Å². The maximum Gasteiger partial charge on any atom is 0.0205 e. The third-order valence-corrected chi connectivity index (χ3v) is 5.06. The van der Waals surface area contributed by atoms with E-state index in [1.807, 2.05) is 0 Å². The second kappa shape index (κ2) is 5.97. The van der Waals surface area contributed by atoms with Crippen molar-refractivity contribution in [3.05, 3.63) is 48.0 Å². The second-order valence-electron chi connectivity index (χ2n) is 6.35. The van der Waals surface area contributed by atoms with Crippen LogP contribution in [-0.2, 0) is 6.54 Å². The molecule has 0 heterocycles. The molecule has 1 saturated carbocycles. The van der Waals surface area contributed by atoms with Crippen LogP contribution in [0.5, 0.6) is 0 Å². The fraction of sp³-hybridized carbons (Fsp3) is 0.474. The molecule has 1 N–H and O–H groups in total. The van der Waals surface area contributed by atoms with E-state index in [0.717, 1.165) is 6.54 Å². The van der Waals surface area contributed by atoms with Crippen LogP contribution in [0.1, 0.15) is 44.6 Å². The number of hydrogen-bond acceptors (Lipinski definition) is 1. The minimum absolute atomic E-state index is 0.580. The normalized spacial score (nSPS) is 17.6. The number of rotatable bonds is 5. The Morgan fingerprint density at radius 3 is 2.50 bits per heavy atom. The van der Waals surface area contributed by atoms with Crippen molar-refractivity contribution in [2.45, 2.75) is 45.6 Å². The van der Waals surface area contributed by atoms with E-state index in [1.54, 1.807) is 0 Å². The summed E-state index contributed by atoms with van der Waals surface area (Å²) in [5, 5.41) is 6.38. The highest BCUT2D eigenvalue weighted by Crippen LogP contribution is 2.40. The van der Waals surface area contributed by atoms with E-state index >= 15 is 0 Å². The molecule has 2 aromatic rings. The summed E-state index contributed by atoms with van der Waals surface area (Å²) in [6.45, 7) is 4.52. The van der Waals surface area contributed by atoms with Crippen LogP contribution in [0.3, 0.4) is 0 Å². The van der Waals surface area contributed by atoms with Gasteiger partial charge in [0.2, 0.25) is 0 Å². The van der Waals surface area contributed by atoms with Gasteiger partial charge in [0.1, 0.15) is 0 Å². The molecular weight excluding hydrogens is 242 g/mol. The van der Waals surface area contributed by atoms with Gasteiger partial charge in [-0.15, -0.1) is 0 Å². The quantitative estimate of drug-likeness (QED) is 0.812. The van der Waals surface area contributed by atoms with Crippen LogP contribution in [-0.4, -0.2) is 6.54 Å². The molecule has 0 radical (unpaired) electrons. The lowest BCUT2D eigenvalue weighted by Gasteiger charge is -2.27. The molecule has 0 spiro atoms. The van der Waals surface area contributed by atoms with Gasteiger partial charge in [-0.1, -0.05) is 56.2 Å². The van der Waals surface area contributed by atoms with E-state index < -0.39 is 0 Å². The molecule has 0 aromatic heterocycles. The molecular formula is C19H25N. The van der Waals surface area contributed by atoms with Gasteiger partial charge in [-0.3, -0.25) is 0 Å². The van der Waals surface area contributed by atoms with Crippen molar-refractivity contribution in [2.75, 3.05) is 6.54 Å². The average Bonchev–Trinajstić information content (AvgIpc) is 2.96. The molecule has 0 amide bonds. The molecule has 0 bridgehead atoms. The standard InChI is InChI=1S/C19H25N/c1-2-19(11-5-6-12-19)15-20-14-16-9-10-17-7-3-4-8-18(17)13-16/h3-4,7-10,13,20H,2,5-6,11-12,14-15H2,1H3. The van der Waals surface area contributed by atoms with Crippen LogP contribution < -0.4 is 5.32 Å². The van der Waals surface area contributed by atoms with Crippen molar-refractivity contribution >= 4 is 10.8 Å². The monoisotopic (exact) mass is 267 g/mol. The molecule has 0 saturated heterocycles. The van der Waals surface area contributed by atoms with Crippen LogP contribution >= 0.6 is 0 Å². The molecule has 20 heavy (non-hydrogen) atoms. The Labute approximate surface area is 122 Å². The number of nitrogens with one attached hydrogen (secondary N) is 1. The third-order valence-electron chi connectivity index (χ3n) is 5.06. The Bertz CT molecular complexity index is 567. The molecule has 0 aliphatic heterocycles. The SMILES string of the molecule is CCC1(CNCc2ccc3ccccc3c2)CCCC1. The predicted octanol–water partition coefficient (Wildman–Crippen LogP) is 4.90. The molecule has 1 aliphatic rings. The molecule has 1 heteroatoms. The first-order chi connectivity index (χ1) is 9.81. The van der Waals surface area contributed by atoms with Gasteiger partial charge in [0.15, 0.2) is 0 Å². The van der Waals surface area contributed by atoms with E-state index in [1.165, 1.54) is 55.0 Å². The van der Waals surface area contributed by atoms with Crippen molar-refractivity contribution in [1.29, 1.82) is 0 Å². The minimum atomic E-state index is 0.580. The lowest BCUT2D eigenvalue weighted by atomic mass is 9.83. The number of fused-ring (bicyclic) bond motifs is 1. The van der Waals surface area contributed by atoms with Gasteiger partial charge < -0.3 is 5.32 Å². The van der Waals surface area contributed by atoms with E-state index in [9.17, 15) is 0 Å². The average molecular weight is 267 g/mol. The zero-order valence-corrected chi connectivity index (χ0v) is 12.5. The smallest absolute Gasteiger partial charge is 0.0205 e. The predicted molar refractivity (Wildman–Crippen MR) is 86.8 cm³/mol. The molecule has 3 rings (SSSR count). The lowest BCUT2D eigenvalue weighted by Crippen LogP contribution is -2.31. The molecule has 106 valence electrons. The van der Waals surface area contributed by atoms with Crippen molar-refractivity contribution in [3.63, 3.8) is 0 Å². The van der Waals surface area contributed by atoms with Gasteiger partial charge in [-0.05, 0) is 47.1 Å². The maximum absolute atomic E-state index is 3.70. The fourth-order valence-corrected chi connectivity index (χ4v) is 3.60.